The Morgan fingerprint density at radius 2 is 1.76 bits per heavy atom. The number of ether oxygens (including phenoxy) is 2. The average molecular weight is 514 g/mol. The van der Waals surface area contributed by atoms with E-state index in [4.69, 9.17) is 15.2 Å². The van der Waals surface area contributed by atoms with E-state index in [0.29, 0.717) is 18.8 Å². The number of esters is 2. The minimum Gasteiger partial charge on any atom is -0.469 e. The van der Waals surface area contributed by atoms with Gasteiger partial charge in [-0.1, -0.05) is 38.8 Å². The van der Waals surface area contributed by atoms with Crippen LogP contribution in [0.2, 0.25) is 0 Å². The Morgan fingerprint density at radius 3 is 2.38 bits per heavy atom. The standard InChI is InChI=1S/C29H43N3O5/c1-16(2)17-15-28-12-9-20-26(3,10-7-11-27(20,4)23(33)36-5)21(28)14-18(17)29(24(34)37-6)13-8-19(22(28)29)31-32-25(30)35/h15-16,18,20-22H,7-14H2,1-6H3,(H3,30,32,35)/b31-19+/t18-,20+,21+,22-,26-,27+,28-,29-/m0/s1. The lowest BCUT2D eigenvalue weighted by molar-refractivity contribution is -0.209. The molecule has 4 saturated carbocycles. The van der Waals surface area contributed by atoms with Crippen LogP contribution in [0.5, 0.6) is 0 Å². The van der Waals surface area contributed by atoms with Gasteiger partial charge in [0.15, 0.2) is 0 Å². The number of hydrazone groups is 1. The smallest absolute Gasteiger partial charge is 0.332 e. The van der Waals surface area contributed by atoms with Crippen molar-refractivity contribution in [3.8, 4) is 0 Å². The molecule has 0 unspecified atom stereocenters. The van der Waals surface area contributed by atoms with Gasteiger partial charge in [0.2, 0.25) is 0 Å². The number of urea groups is 1. The predicted molar refractivity (Wildman–Crippen MR) is 139 cm³/mol. The molecule has 0 aromatic heterocycles. The van der Waals surface area contributed by atoms with E-state index in [1.54, 1.807) is 0 Å². The SMILES string of the molecule is COC(=O)[C@]12CC/C(=N\NC(N)=O)[C@H]1[C@@]13C=C(C(C)C)[C@@H]2C[C@@H]1[C@@]1(C)CCC[C@@](C)(C(=O)OC)[C@@H]1CC3. The zero-order chi connectivity index (χ0) is 27.0. The minimum absolute atomic E-state index is 0.0417. The molecule has 2 amide bonds. The topological polar surface area (TPSA) is 120 Å². The van der Waals surface area contributed by atoms with Crippen LogP contribution in [0.25, 0.3) is 0 Å². The van der Waals surface area contributed by atoms with Crippen LogP contribution in [0, 0.1) is 51.2 Å². The van der Waals surface area contributed by atoms with Gasteiger partial charge in [0, 0.05) is 17.0 Å². The van der Waals surface area contributed by atoms with Crippen molar-refractivity contribution in [2.24, 2.45) is 62.1 Å². The highest BCUT2D eigenvalue weighted by atomic mass is 16.5. The Hall–Kier alpha value is -2.38. The molecule has 2 bridgehead atoms. The molecule has 0 radical (unpaired) electrons. The monoisotopic (exact) mass is 513 g/mol. The molecule has 8 nitrogen and oxygen atoms in total. The molecule has 6 aliphatic carbocycles. The maximum absolute atomic E-state index is 13.8. The zero-order valence-electron chi connectivity index (χ0n) is 23.2. The molecule has 3 N–H and O–H groups in total. The van der Waals surface area contributed by atoms with Crippen molar-refractivity contribution < 1.29 is 23.9 Å². The van der Waals surface area contributed by atoms with Crippen LogP contribution < -0.4 is 11.2 Å². The first kappa shape index (κ1) is 26.2. The van der Waals surface area contributed by atoms with Gasteiger partial charge >= 0.3 is 18.0 Å². The second kappa shape index (κ2) is 8.57. The van der Waals surface area contributed by atoms with Crippen LogP contribution in [-0.2, 0) is 19.1 Å². The van der Waals surface area contributed by atoms with E-state index in [1.807, 2.05) is 0 Å². The van der Waals surface area contributed by atoms with Crippen LogP contribution in [-0.4, -0.2) is 37.9 Å². The summed E-state index contributed by atoms with van der Waals surface area (Å²) in [6.45, 7) is 8.94. The first-order valence-corrected chi connectivity index (χ1v) is 13.9. The number of methoxy groups -OCH3 is 2. The second-order valence-electron chi connectivity index (χ2n) is 13.2. The molecule has 6 aliphatic rings. The molecular weight excluding hydrogens is 470 g/mol. The van der Waals surface area contributed by atoms with Gasteiger partial charge in [-0.15, -0.1) is 0 Å². The Labute approximate surface area is 220 Å². The van der Waals surface area contributed by atoms with Gasteiger partial charge in [-0.3, -0.25) is 9.59 Å². The van der Waals surface area contributed by atoms with Crippen molar-refractivity contribution in [1.29, 1.82) is 0 Å². The summed E-state index contributed by atoms with van der Waals surface area (Å²) in [6.07, 6.45) is 9.35. The van der Waals surface area contributed by atoms with E-state index < -0.39 is 16.9 Å². The molecule has 4 fully saturated rings. The quantitative estimate of drug-likeness (QED) is 0.324. The minimum atomic E-state index is -0.701. The molecule has 0 aromatic carbocycles. The van der Waals surface area contributed by atoms with Gasteiger partial charge in [0.1, 0.15) is 0 Å². The summed E-state index contributed by atoms with van der Waals surface area (Å²) in [7, 11) is 2.99. The fourth-order valence-corrected chi connectivity index (χ4v) is 10.5. The number of hydrogen-bond donors (Lipinski definition) is 2. The summed E-state index contributed by atoms with van der Waals surface area (Å²) in [5, 5.41) is 4.52. The number of carbonyl (C=O) groups is 3. The third-order valence-electron chi connectivity index (χ3n) is 11.6. The lowest BCUT2D eigenvalue weighted by atomic mass is 9.32. The highest BCUT2D eigenvalue weighted by Crippen LogP contribution is 2.78. The highest BCUT2D eigenvalue weighted by Gasteiger charge is 2.76. The van der Waals surface area contributed by atoms with Crippen LogP contribution in [0.3, 0.4) is 0 Å². The van der Waals surface area contributed by atoms with E-state index in [9.17, 15) is 14.4 Å². The molecule has 37 heavy (non-hydrogen) atoms. The number of allylic oxidation sites excluding steroid dienone is 2. The molecule has 1 spiro atoms. The van der Waals surface area contributed by atoms with E-state index >= 15 is 0 Å². The van der Waals surface area contributed by atoms with Crippen molar-refractivity contribution in [2.45, 2.75) is 79.1 Å². The van der Waals surface area contributed by atoms with Crippen molar-refractivity contribution >= 4 is 23.7 Å². The first-order chi connectivity index (χ1) is 17.4. The van der Waals surface area contributed by atoms with Gasteiger partial charge in [0.25, 0.3) is 0 Å². The second-order valence-corrected chi connectivity index (χ2v) is 13.2. The fourth-order valence-electron chi connectivity index (χ4n) is 10.5. The van der Waals surface area contributed by atoms with Crippen molar-refractivity contribution in [3.05, 3.63) is 11.6 Å². The largest absolute Gasteiger partial charge is 0.469 e. The number of hydrogen-bond acceptors (Lipinski definition) is 6. The summed E-state index contributed by atoms with van der Waals surface area (Å²) < 4.78 is 10.9. The third kappa shape index (κ3) is 3.26. The van der Waals surface area contributed by atoms with Crippen LogP contribution >= 0.6 is 0 Å². The number of fused-ring (bicyclic) bond motifs is 1. The highest BCUT2D eigenvalue weighted by molar-refractivity contribution is 5.99. The van der Waals surface area contributed by atoms with E-state index in [1.165, 1.54) is 19.8 Å². The maximum Gasteiger partial charge on any atom is 0.332 e. The summed E-state index contributed by atoms with van der Waals surface area (Å²) >= 11 is 0. The van der Waals surface area contributed by atoms with Crippen LogP contribution in [0.15, 0.2) is 16.8 Å². The van der Waals surface area contributed by atoms with Gasteiger partial charge in [-0.2, -0.15) is 5.10 Å². The summed E-state index contributed by atoms with van der Waals surface area (Å²) in [6, 6.07) is -0.701. The van der Waals surface area contributed by atoms with Gasteiger partial charge in [-0.25, -0.2) is 10.2 Å². The molecule has 0 aromatic rings. The predicted octanol–water partition coefficient (Wildman–Crippen LogP) is 4.58. The molecular formula is C29H43N3O5. The zero-order valence-corrected chi connectivity index (χ0v) is 23.2. The summed E-state index contributed by atoms with van der Waals surface area (Å²) in [5.41, 5.74) is 8.51. The lowest BCUT2D eigenvalue weighted by Crippen LogP contribution is -2.68. The fraction of sp³-hybridized carbons (Fsp3) is 0.793. The third-order valence-corrected chi connectivity index (χ3v) is 11.6. The summed E-state index contributed by atoms with van der Waals surface area (Å²) in [4.78, 5) is 38.6. The Morgan fingerprint density at radius 1 is 1.05 bits per heavy atom. The molecule has 0 saturated heterocycles. The molecule has 0 aliphatic heterocycles. The number of primary amides is 1. The average Bonchev–Trinajstić information content (AvgIpc) is 3.28. The first-order valence-electron chi connectivity index (χ1n) is 13.9. The summed E-state index contributed by atoms with van der Waals surface area (Å²) in [5.74, 6) is 0.435. The normalized spacial score (nSPS) is 44.9. The Bertz CT molecular complexity index is 1080. The van der Waals surface area contributed by atoms with Gasteiger partial charge in [-0.05, 0) is 81.0 Å². The lowest BCUT2D eigenvalue weighted by Gasteiger charge is -2.71. The number of nitrogens with zero attached hydrogens (tertiary/aromatic N) is 1. The number of amides is 2. The number of carbonyl (C=O) groups excluding carboxylic acids is 3. The van der Waals surface area contributed by atoms with Gasteiger partial charge < -0.3 is 15.2 Å². The number of nitrogens with one attached hydrogen (secondary N) is 1. The Balaban J connectivity index is 1.71. The molecule has 0 heterocycles. The van der Waals surface area contributed by atoms with Crippen LogP contribution in [0.1, 0.15) is 79.1 Å². The molecule has 8 atom stereocenters. The maximum atomic E-state index is 13.8. The Kier molecular flexibility index (Phi) is 6.07. The van der Waals surface area contributed by atoms with E-state index in [0.717, 1.165) is 44.2 Å². The van der Waals surface area contributed by atoms with E-state index in [-0.39, 0.29) is 46.4 Å². The van der Waals surface area contributed by atoms with Crippen molar-refractivity contribution in [1.82, 2.24) is 5.43 Å². The number of nitrogens with two attached hydrogens (primary N) is 1. The van der Waals surface area contributed by atoms with Crippen molar-refractivity contribution in [2.75, 3.05) is 14.2 Å². The van der Waals surface area contributed by atoms with E-state index in [2.05, 4.69) is 44.3 Å². The van der Waals surface area contributed by atoms with Gasteiger partial charge in [0.05, 0.1) is 25.0 Å². The van der Waals surface area contributed by atoms with Crippen molar-refractivity contribution in [3.63, 3.8) is 0 Å². The number of rotatable bonds is 4. The molecule has 6 rings (SSSR count). The van der Waals surface area contributed by atoms with Crippen LogP contribution in [0.4, 0.5) is 4.79 Å². The molecule has 8 heteroatoms. The molecule has 204 valence electrons.